The summed E-state index contributed by atoms with van der Waals surface area (Å²) in [4.78, 5) is 11.0. The van der Waals surface area contributed by atoms with Gasteiger partial charge in [0.1, 0.15) is 0 Å². The van der Waals surface area contributed by atoms with Crippen LogP contribution in [0.1, 0.15) is 13.3 Å². The first-order valence-corrected chi connectivity index (χ1v) is 3.69. The summed E-state index contributed by atoms with van der Waals surface area (Å²) < 4.78 is 0. The monoisotopic (exact) mass is 142 g/mol. The second-order valence-corrected chi connectivity index (χ2v) is 2.92. The molecule has 1 aliphatic heterocycles. The number of nitrogens with one attached hydrogen (secondary N) is 2. The van der Waals surface area contributed by atoms with Crippen molar-refractivity contribution in [2.75, 3.05) is 13.6 Å². The van der Waals surface area contributed by atoms with Crippen molar-refractivity contribution in [3.8, 4) is 0 Å². The fourth-order valence-corrected chi connectivity index (χ4v) is 1.29. The number of amides is 1. The van der Waals surface area contributed by atoms with Crippen molar-refractivity contribution in [1.82, 2.24) is 10.6 Å². The Balaban J connectivity index is 2.37. The van der Waals surface area contributed by atoms with Gasteiger partial charge in [0.15, 0.2) is 0 Å². The average Bonchev–Trinajstić information content (AvgIpc) is 2.34. The van der Waals surface area contributed by atoms with E-state index in [9.17, 15) is 4.79 Å². The molecule has 3 heteroatoms. The van der Waals surface area contributed by atoms with Crippen molar-refractivity contribution in [3.63, 3.8) is 0 Å². The Morgan fingerprint density at radius 2 is 2.40 bits per heavy atom. The summed E-state index contributed by atoms with van der Waals surface area (Å²) in [5.41, 5.74) is 0. The van der Waals surface area contributed by atoms with Gasteiger partial charge >= 0.3 is 0 Å². The average molecular weight is 142 g/mol. The van der Waals surface area contributed by atoms with Crippen molar-refractivity contribution < 1.29 is 4.79 Å². The van der Waals surface area contributed by atoms with Crippen LogP contribution >= 0.6 is 0 Å². The Kier molecular flexibility index (Phi) is 2.27. The molecule has 2 N–H and O–H groups in total. The molecule has 0 aromatic heterocycles. The molecule has 1 amide bonds. The highest BCUT2D eigenvalue weighted by atomic mass is 16.2. The zero-order chi connectivity index (χ0) is 7.56. The van der Waals surface area contributed by atoms with Crippen LogP contribution in [0.3, 0.4) is 0 Å². The fraction of sp³-hybridized carbons (Fsp3) is 0.857. The van der Waals surface area contributed by atoms with Crippen LogP contribution in [0.25, 0.3) is 0 Å². The van der Waals surface area contributed by atoms with E-state index in [1.807, 2.05) is 0 Å². The third kappa shape index (κ3) is 1.48. The molecule has 1 aliphatic rings. The number of hydrogen-bond donors (Lipinski definition) is 2. The van der Waals surface area contributed by atoms with E-state index in [2.05, 4.69) is 17.6 Å². The quantitative estimate of drug-likeness (QED) is 0.529. The molecule has 1 saturated heterocycles. The summed E-state index contributed by atoms with van der Waals surface area (Å²) >= 11 is 0. The molecule has 0 aromatic rings. The molecule has 1 fully saturated rings. The summed E-state index contributed by atoms with van der Waals surface area (Å²) in [6.45, 7) is 3.12. The van der Waals surface area contributed by atoms with Gasteiger partial charge in [0.05, 0.1) is 6.04 Å². The molecule has 1 rings (SSSR count). The third-order valence-electron chi connectivity index (χ3n) is 1.91. The lowest BCUT2D eigenvalue weighted by Gasteiger charge is -2.06. The molecular weight excluding hydrogens is 128 g/mol. The minimum absolute atomic E-state index is 0.0556. The molecule has 1 heterocycles. The first kappa shape index (κ1) is 7.54. The highest BCUT2D eigenvalue weighted by Crippen LogP contribution is 2.11. The highest BCUT2D eigenvalue weighted by Gasteiger charge is 2.25. The smallest absolute Gasteiger partial charge is 0.236 e. The SMILES string of the molecule is CNC(=O)[C@@H]1C[C@@H](C)CN1. The van der Waals surface area contributed by atoms with E-state index < -0.39 is 0 Å². The molecule has 0 aromatic carbocycles. The van der Waals surface area contributed by atoms with Gasteiger partial charge in [-0.2, -0.15) is 0 Å². The molecular formula is C7H14N2O. The van der Waals surface area contributed by atoms with Crippen LogP contribution in [0.5, 0.6) is 0 Å². The van der Waals surface area contributed by atoms with Crippen LogP contribution in [-0.4, -0.2) is 25.5 Å². The molecule has 0 bridgehead atoms. The van der Waals surface area contributed by atoms with Crippen LogP contribution in [0.4, 0.5) is 0 Å². The second kappa shape index (κ2) is 3.01. The molecule has 10 heavy (non-hydrogen) atoms. The van der Waals surface area contributed by atoms with E-state index in [4.69, 9.17) is 0 Å². The predicted molar refractivity (Wildman–Crippen MR) is 39.6 cm³/mol. The topological polar surface area (TPSA) is 41.1 Å². The zero-order valence-electron chi connectivity index (χ0n) is 6.48. The fourth-order valence-electron chi connectivity index (χ4n) is 1.29. The zero-order valence-corrected chi connectivity index (χ0v) is 6.48. The predicted octanol–water partition coefficient (Wildman–Crippen LogP) is -0.270. The minimum atomic E-state index is 0.0556. The summed E-state index contributed by atoms with van der Waals surface area (Å²) in [6, 6.07) is 0.0556. The van der Waals surface area contributed by atoms with E-state index in [1.165, 1.54) is 0 Å². The number of rotatable bonds is 1. The van der Waals surface area contributed by atoms with Crippen LogP contribution in [-0.2, 0) is 4.79 Å². The summed E-state index contributed by atoms with van der Waals surface area (Å²) in [7, 11) is 1.67. The molecule has 3 nitrogen and oxygen atoms in total. The first-order valence-electron chi connectivity index (χ1n) is 3.69. The summed E-state index contributed by atoms with van der Waals surface area (Å²) in [5, 5.41) is 5.77. The van der Waals surface area contributed by atoms with Crippen LogP contribution in [0, 0.1) is 5.92 Å². The van der Waals surface area contributed by atoms with Gasteiger partial charge in [0, 0.05) is 7.05 Å². The van der Waals surface area contributed by atoms with Crippen molar-refractivity contribution in [2.24, 2.45) is 5.92 Å². The molecule has 58 valence electrons. The highest BCUT2D eigenvalue weighted by molar-refractivity contribution is 5.81. The van der Waals surface area contributed by atoms with E-state index in [1.54, 1.807) is 7.05 Å². The van der Waals surface area contributed by atoms with Gasteiger partial charge in [0.2, 0.25) is 5.91 Å². The van der Waals surface area contributed by atoms with E-state index in [0.717, 1.165) is 13.0 Å². The van der Waals surface area contributed by atoms with Crippen molar-refractivity contribution in [1.29, 1.82) is 0 Å². The van der Waals surface area contributed by atoms with Crippen molar-refractivity contribution in [2.45, 2.75) is 19.4 Å². The lowest BCUT2D eigenvalue weighted by atomic mass is 10.1. The minimum Gasteiger partial charge on any atom is -0.358 e. The summed E-state index contributed by atoms with van der Waals surface area (Å²) in [6.07, 6.45) is 0.972. The van der Waals surface area contributed by atoms with Crippen LogP contribution in [0.2, 0.25) is 0 Å². The second-order valence-electron chi connectivity index (χ2n) is 2.92. The first-order chi connectivity index (χ1) is 4.74. The Bertz CT molecular complexity index is 136. The Morgan fingerprint density at radius 1 is 1.70 bits per heavy atom. The molecule has 2 atom stereocenters. The van der Waals surface area contributed by atoms with E-state index in [0.29, 0.717) is 5.92 Å². The number of carbonyl (C=O) groups excluding carboxylic acids is 1. The molecule has 0 unspecified atom stereocenters. The van der Waals surface area contributed by atoms with Gasteiger partial charge in [-0.25, -0.2) is 0 Å². The van der Waals surface area contributed by atoms with E-state index >= 15 is 0 Å². The van der Waals surface area contributed by atoms with Gasteiger partial charge in [-0.1, -0.05) is 6.92 Å². The maximum atomic E-state index is 11.0. The molecule has 0 aliphatic carbocycles. The maximum Gasteiger partial charge on any atom is 0.236 e. The Labute approximate surface area is 61.2 Å². The molecule has 0 saturated carbocycles. The molecule has 0 radical (unpaired) electrons. The lowest BCUT2D eigenvalue weighted by molar-refractivity contribution is -0.122. The van der Waals surface area contributed by atoms with E-state index in [-0.39, 0.29) is 11.9 Å². The number of hydrogen-bond acceptors (Lipinski definition) is 2. The van der Waals surface area contributed by atoms with Crippen molar-refractivity contribution >= 4 is 5.91 Å². The number of likely N-dealkylation sites (N-methyl/N-ethyl adjacent to an activating group) is 1. The van der Waals surface area contributed by atoms with Gasteiger partial charge in [0.25, 0.3) is 0 Å². The Hall–Kier alpha value is -0.570. The maximum absolute atomic E-state index is 11.0. The van der Waals surface area contributed by atoms with Crippen LogP contribution < -0.4 is 10.6 Å². The largest absolute Gasteiger partial charge is 0.358 e. The Morgan fingerprint density at radius 3 is 2.80 bits per heavy atom. The van der Waals surface area contributed by atoms with Gasteiger partial charge < -0.3 is 10.6 Å². The van der Waals surface area contributed by atoms with Gasteiger partial charge in [-0.05, 0) is 18.9 Å². The standard InChI is InChI=1S/C7H14N2O/c1-5-3-6(9-4-5)7(10)8-2/h5-6,9H,3-4H2,1-2H3,(H,8,10)/t5-,6+/m1/s1. The summed E-state index contributed by atoms with van der Waals surface area (Å²) in [5.74, 6) is 0.756. The lowest BCUT2D eigenvalue weighted by Crippen LogP contribution is -2.38. The normalized spacial score (nSPS) is 32.2. The van der Waals surface area contributed by atoms with Crippen molar-refractivity contribution in [3.05, 3.63) is 0 Å². The number of carbonyl (C=O) groups is 1. The van der Waals surface area contributed by atoms with Gasteiger partial charge in [-0.3, -0.25) is 4.79 Å². The van der Waals surface area contributed by atoms with Gasteiger partial charge in [-0.15, -0.1) is 0 Å². The molecule has 0 spiro atoms. The third-order valence-corrected chi connectivity index (χ3v) is 1.91. The van der Waals surface area contributed by atoms with Crippen LogP contribution in [0.15, 0.2) is 0 Å².